The van der Waals surface area contributed by atoms with Crippen LogP contribution in [0, 0.1) is 0 Å². The lowest BCUT2D eigenvalue weighted by Crippen LogP contribution is -2.17. The number of hydrogen-bond acceptors (Lipinski definition) is 5. The van der Waals surface area contributed by atoms with Crippen molar-refractivity contribution in [1.29, 1.82) is 0 Å². The van der Waals surface area contributed by atoms with Crippen LogP contribution < -0.4 is 9.47 Å². The van der Waals surface area contributed by atoms with Crippen molar-refractivity contribution < 1.29 is 19.0 Å². The molecule has 3 aromatic rings. The van der Waals surface area contributed by atoms with Crippen molar-refractivity contribution in [3.05, 3.63) is 95.6 Å². The first kappa shape index (κ1) is 18.7. The molecule has 0 fully saturated rings. The zero-order valence-corrected chi connectivity index (χ0v) is 16.1. The maximum Gasteiger partial charge on any atom is 0.338 e. The van der Waals surface area contributed by atoms with Crippen LogP contribution in [0.5, 0.6) is 11.5 Å². The van der Waals surface area contributed by atoms with Gasteiger partial charge in [-0.1, -0.05) is 54.6 Å². The largest absolute Gasteiger partial charge is 0.493 e. The van der Waals surface area contributed by atoms with Gasteiger partial charge in [0.15, 0.2) is 17.5 Å². The highest BCUT2D eigenvalue weighted by molar-refractivity contribution is 6.06. The second-order valence-electron chi connectivity index (χ2n) is 6.70. The number of carbonyl (C=O) groups excluding carboxylic acids is 1. The van der Waals surface area contributed by atoms with Crippen LogP contribution in [0.3, 0.4) is 0 Å². The molecule has 5 heteroatoms. The van der Waals surface area contributed by atoms with Crippen molar-refractivity contribution in [3.63, 3.8) is 0 Å². The van der Waals surface area contributed by atoms with Gasteiger partial charge in [-0.15, -0.1) is 0 Å². The van der Waals surface area contributed by atoms with Gasteiger partial charge in [0.05, 0.1) is 7.11 Å². The van der Waals surface area contributed by atoms with Gasteiger partial charge in [0, 0.05) is 12.0 Å². The Morgan fingerprint density at radius 3 is 2.34 bits per heavy atom. The molecule has 146 valence electrons. The van der Waals surface area contributed by atoms with Gasteiger partial charge in [-0.05, 0) is 35.4 Å². The molecular weight excluding hydrogens is 366 g/mol. The zero-order valence-electron chi connectivity index (χ0n) is 16.1. The molecule has 1 atom stereocenters. The van der Waals surface area contributed by atoms with Gasteiger partial charge in [0.25, 0.3) is 0 Å². The van der Waals surface area contributed by atoms with Gasteiger partial charge in [-0.2, -0.15) is 0 Å². The number of hydrogen-bond donors (Lipinski definition) is 0. The summed E-state index contributed by atoms with van der Waals surface area (Å²) < 4.78 is 16.7. The molecule has 3 aromatic carbocycles. The molecule has 0 aromatic heterocycles. The Morgan fingerprint density at radius 1 is 0.897 bits per heavy atom. The van der Waals surface area contributed by atoms with Gasteiger partial charge in [0.2, 0.25) is 5.90 Å². The van der Waals surface area contributed by atoms with E-state index in [1.54, 1.807) is 7.11 Å². The minimum atomic E-state index is -0.564. The van der Waals surface area contributed by atoms with Crippen molar-refractivity contribution in [3.8, 4) is 11.5 Å². The van der Waals surface area contributed by atoms with E-state index in [-0.39, 0.29) is 5.97 Å². The molecule has 1 unspecified atom stereocenters. The summed E-state index contributed by atoms with van der Waals surface area (Å²) in [5.74, 6) is 1.31. The normalized spacial score (nSPS) is 15.6. The third kappa shape index (κ3) is 4.46. The number of carbonyl (C=O) groups is 1. The first-order chi connectivity index (χ1) is 14.2. The summed E-state index contributed by atoms with van der Waals surface area (Å²) in [6, 6.07) is 24.5. The molecule has 0 spiro atoms. The Bertz CT molecular complexity index is 1020. The van der Waals surface area contributed by atoms with Gasteiger partial charge < -0.3 is 14.2 Å². The van der Waals surface area contributed by atoms with E-state index in [1.165, 1.54) is 0 Å². The average Bonchev–Trinajstić information content (AvgIpc) is 3.14. The quantitative estimate of drug-likeness (QED) is 0.571. The average molecular weight is 387 g/mol. The van der Waals surface area contributed by atoms with Crippen molar-refractivity contribution in [2.45, 2.75) is 19.1 Å². The van der Waals surface area contributed by atoms with E-state index in [1.807, 2.05) is 78.9 Å². The van der Waals surface area contributed by atoms with Gasteiger partial charge in [0.1, 0.15) is 6.61 Å². The minimum Gasteiger partial charge on any atom is -0.493 e. The summed E-state index contributed by atoms with van der Waals surface area (Å²) in [4.78, 5) is 16.7. The number of esters is 1. The summed E-state index contributed by atoms with van der Waals surface area (Å²) in [6.07, 6.45) is 0.435. The lowest BCUT2D eigenvalue weighted by molar-refractivity contribution is -0.134. The van der Waals surface area contributed by atoms with E-state index < -0.39 is 6.04 Å². The number of aliphatic imine (C=N–C) groups is 1. The molecule has 0 aliphatic carbocycles. The number of methoxy groups -OCH3 is 1. The Morgan fingerprint density at radius 2 is 1.62 bits per heavy atom. The fraction of sp³-hybridized carbons (Fsp3) is 0.167. The molecule has 1 aliphatic rings. The first-order valence-corrected chi connectivity index (χ1v) is 9.41. The standard InChI is InChI=1S/C24H21NO4/c1-27-22-15-18(12-13-21(22)28-16-17-8-4-2-5-9-17)14-20-24(26)29-23(25-20)19-10-6-3-7-11-19/h2-13,15,20H,14,16H2,1H3. The van der Waals surface area contributed by atoms with Crippen molar-refractivity contribution >= 4 is 11.9 Å². The Labute approximate surface area is 169 Å². The summed E-state index contributed by atoms with van der Waals surface area (Å²) in [7, 11) is 1.60. The molecule has 1 heterocycles. The molecule has 0 saturated carbocycles. The van der Waals surface area contributed by atoms with Crippen LogP contribution in [0.4, 0.5) is 0 Å². The second kappa shape index (κ2) is 8.61. The highest BCUT2D eigenvalue weighted by atomic mass is 16.6. The summed E-state index contributed by atoms with van der Waals surface area (Å²) in [6.45, 7) is 0.455. The highest BCUT2D eigenvalue weighted by Crippen LogP contribution is 2.30. The molecule has 4 rings (SSSR count). The van der Waals surface area contributed by atoms with Crippen molar-refractivity contribution in [2.24, 2.45) is 4.99 Å². The Balaban J connectivity index is 1.46. The van der Waals surface area contributed by atoms with Crippen LogP contribution >= 0.6 is 0 Å². The summed E-state index contributed by atoms with van der Waals surface area (Å²) in [5.41, 5.74) is 2.80. The van der Waals surface area contributed by atoms with Crippen LogP contribution in [0.15, 0.2) is 83.9 Å². The minimum absolute atomic E-state index is 0.341. The molecule has 1 aliphatic heterocycles. The molecule has 29 heavy (non-hydrogen) atoms. The third-order valence-corrected chi connectivity index (χ3v) is 4.66. The smallest absolute Gasteiger partial charge is 0.338 e. The van der Waals surface area contributed by atoms with E-state index in [0.717, 1.165) is 16.7 Å². The number of ether oxygens (including phenoxy) is 3. The van der Waals surface area contributed by atoms with Gasteiger partial charge in [-0.3, -0.25) is 0 Å². The topological polar surface area (TPSA) is 57.1 Å². The number of rotatable bonds is 7. The predicted octanol–water partition coefficient (Wildman–Crippen LogP) is 4.19. The Kier molecular flexibility index (Phi) is 5.56. The van der Waals surface area contributed by atoms with E-state index in [9.17, 15) is 4.79 Å². The SMILES string of the molecule is COc1cc(CC2N=C(c3ccccc3)OC2=O)ccc1OCc1ccccc1. The Hall–Kier alpha value is -3.60. The predicted molar refractivity (Wildman–Crippen MR) is 110 cm³/mol. The molecule has 0 bridgehead atoms. The molecule has 0 saturated heterocycles. The molecule has 5 nitrogen and oxygen atoms in total. The van der Waals surface area contributed by atoms with Crippen LogP contribution in [0.25, 0.3) is 0 Å². The van der Waals surface area contributed by atoms with Crippen LogP contribution in [-0.2, 0) is 22.6 Å². The summed E-state index contributed by atoms with van der Waals surface area (Å²) >= 11 is 0. The molecule has 0 amide bonds. The number of cyclic esters (lactones) is 1. The molecular formula is C24H21NO4. The molecule has 0 N–H and O–H groups in total. The fourth-order valence-electron chi connectivity index (χ4n) is 3.14. The maximum atomic E-state index is 12.3. The van der Waals surface area contributed by atoms with Crippen molar-refractivity contribution in [1.82, 2.24) is 0 Å². The lowest BCUT2D eigenvalue weighted by atomic mass is 10.1. The van der Waals surface area contributed by atoms with Gasteiger partial charge >= 0.3 is 5.97 Å². The van der Waals surface area contributed by atoms with Gasteiger partial charge in [-0.25, -0.2) is 9.79 Å². The highest BCUT2D eigenvalue weighted by Gasteiger charge is 2.30. The van der Waals surface area contributed by atoms with Crippen LogP contribution in [0.1, 0.15) is 16.7 Å². The fourth-order valence-corrected chi connectivity index (χ4v) is 3.14. The lowest BCUT2D eigenvalue weighted by Gasteiger charge is -2.13. The van der Waals surface area contributed by atoms with E-state index in [2.05, 4.69) is 4.99 Å². The number of benzene rings is 3. The van der Waals surface area contributed by atoms with E-state index in [4.69, 9.17) is 14.2 Å². The van der Waals surface area contributed by atoms with E-state index in [0.29, 0.717) is 30.4 Å². The number of nitrogens with zero attached hydrogens (tertiary/aromatic N) is 1. The first-order valence-electron chi connectivity index (χ1n) is 9.41. The maximum absolute atomic E-state index is 12.3. The monoisotopic (exact) mass is 387 g/mol. The van der Waals surface area contributed by atoms with Crippen LogP contribution in [-0.4, -0.2) is 25.0 Å². The zero-order chi connectivity index (χ0) is 20.1. The molecule has 0 radical (unpaired) electrons. The van der Waals surface area contributed by atoms with E-state index >= 15 is 0 Å². The van der Waals surface area contributed by atoms with Crippen LogP contribution in [0.2, 0.25) is 0 Å². The third-order valence-electron chi connectivity index (χ3n) is 4.66. The summed E-state index contributed by atoms with van der Waals surface area (Å²) in [5, 5.41) is 0. The van der Waals surface area contributed by atoms with Crippen molar-refractivity contribution in [2.75, 3.05) is 7.11 Å². The second-order valence-corrected chi connectivity index (χ2v) is 6.70.